The molecule has 0 atom stereocenters. The molecule has 0 aliphatic rings. The second kappa shape index (κ2) is 5.32. The van der Waals surface area contributed by atoms with Gasteiger partial charge in [-0.1, -0.05) is 54.6 Å². The first-order valence-corrected chi connectivity index (χ1v) is 5.74. The zero-order valence-corrected chi connectivity index (χ0v) is 10.1. The number of carbonyl (C=O) groups excluding carboxylic acids is 1. The van der Waals surface area contributed by atoms with E-state index >= 15 is 0 Å². The van der Waals surface area contributed by atoms with Gasteiger partial charge in [0.1, 0.15) is 0 Å². The van der Waals surface area contributed by atoms with Crippen LogP contribution in [0.15, 0.2) is 60.9 Å². The zero-order valence-electron chi connectivity index (χ0n) is 10.1. The monoisotopic (exact) mass is 238 g/mol. The summed E-state index contributed by atoms with van der Waals surface area (Å²) in [5, 5.41) is 9.35. The van der Waals surface area contributed by atoms with Gasteiger partial charge in [0.15, 0.2) is 5.78 Å². The first-order chi connectivity index (χ1) is 8.74. The number of ketones is 1. The lowest BCUT2D eigenvalue weighted by atomic mass is 9.95. The van der Waals surface area contributed by atoms with Crippen molar-refractivity contribution in [3.05, 3.63) is 77.5 Å². The Labute approximate surface area is 106 Å². The van der Waals surface area contributed by atoms with Gasteiger partial charge in [-0.25, -0.2) is 0 Å². The first kappa shape index (κ1) is 12.1. The van der Waals surface area contributed by atoms with Gasteiger partial charge in [0, 0.05) is 5.56 Å². The van der Waals surface area contributed by atoms with Crippen molar-refractivity contribution in [1.29, 1.82) is 0 Å². The maximum absolute atomic E-state index is 12.3. The Morgan fingerprint density at radius 3 is 2.22 bits per heavy atom. The molecule has 0 radical (unpaired) electrons. The van der Waals surface area contributed by atoms with Crippen LogP contribution in [0.4, 0.5) is 0 Å². The van der Waals surface area contributed by atoms with Crippen LogP contribution in [-0.4, -0.2) is 10.9 Å². The number of Topliss-reactive ketones (excluding diaryl/α,β-unsaturated/α-hetero) is 1. The number of carbonyl (C=O) groups is 1. The molecule has 0 aliphatic heterocycles. The molecule has 0 fully saturated rings. The fourth-order valence-corrected chi connectivity index (χ4v) is 1.87. The van der Waals surface area contributed by atoms with Crippen LogP contribution in [0.25, 0.3) is 5.57 Å². The van der Waals surface area contributed by atoms with Crippen LogP contribution >= 0.6 is 0 Å². The molecule has 0 saturated heterocycles. The molecule has 90 valence electrons. The molecule has 18 heavy (non-hydrogen) atoms. The van der Waals surface area contributed by atoms with E-state index in [9.17, 15) is 9.90 Å². The normalized spacial score (nSPS) is 11.3. The Balaban J connectivity index is 2.43. The van der Waals surface area contributed by atoms with E-state index in [1.54, 1.807) is 24.3 Å². The van der Waals surface area contributed by atoms with Gasteiger partial charge in [0.2, 0.25) is 0 Å². The van der Waals surface area contributed by atoms with E-state index in [4.69, 9.17) is 0 Å². The fourth-order valence-electron chi connectivity index (χ4n) is 1.87. The third kappa shape index (κ3) is 2.33. The number of benzene rings is 2. The van der Waals surface area contributed by atoms with Crippen molar-refractivity contribution >= 4 is 11.4 Å². The van der Waals surface area contributed by atoms with Crippen molar-refractivity contribution in [1.82, 2.24) is 0 Å². The average molecular weight is 238 g/mol. The summed E-state index contributed by atoms with van der Waals surface area (Å²) in [6, 6.07) is 16.4. The molecule has 2 rings (SSSR count). The van der Waals surface area contributed by atoms with Crippen LogP contribution in [0.3, 0.4) is 0 Å². The SMILES string of the molecule is Cc1ccccc1/C(=C/O)C(=O)c1ccccc1. The average Bonchev–Trinajstić information content (AvgIpc) is 2.42. The quantitative estimate of drug-likeness (QED) is 0.502. The molecular formula is C16H14O2. The highest BCUT2D eigenvalue weighted by atomic mass is 16.2. The van der Waals surface area contributed by atoms with Crippen LogP contribution < -0.4 is 0 Å². The van der Waals surface area contributed by atoms with Crippen molar-refractivity contribution in [2.75, 3.05) is 0 Å². The molecule has 2 aromatic carbocycles. The van der Waals surface area contributed by atoms with E-state index in [0.29, 0.717) is 11.1 Å². The molecule has 0 aliphatic carbocycles. The Kier molecular flexibility index (Phi) is 3.58. The highest BCUT2D eigenvalue weighted by molar-refractivity contribution is 6.28. The lowest BCUT2D eigenvalue weighted by Gasteiger charge is -2.08. The molecule has 1 N–H and O–H groups in total. The van der Waals surface area contributed by atoms with E-state index in [-0.39, 0.29) is 5.78 Å². The summed E-state index contributed by atoms with van der Waals surface area (Å²) in [7, 11) is 0. The van der Waals surface area contributed by atoms with Gasteiger partial charge in [-0.2, -0.15) is 0 Å². The van der Waals surface area contributed by atoms with Crippen LogP contribution in [0.1, 0.15) is 21.5 Å². The van der Waals surface area contributed by atoms with Crippen molar-refractivity contribution < 1.29 is 9.90 Å². The third-order valence-electron chi connectivity index (χ3n) is 2.84. The summed E-state index contributed by atoms with van der Waals surface area (Å²) in [6.45, 7) is 1.91. The largest absolute Gasteiger partial charge is 0.515 e. The van der Waals surface area contributed by atoms with Crippen LogP contribution in [0.2, 0.25) is 0 Å². The highest BCUT2D eigenvalue weighted by Gasteiger charge is 2.15. The van der Waals surface area contributed by atoms with Crippen molar-refractivity contribution in [3.63, 3.8) is 0 Å². The van der Waals surface area contributed by atoms with Gasteiger partial charge in [-0.05, 0) is 18.1 Å². The van der Waals surface area contributed by atoms with Crippen molar-refractivity contribution in [2.24, 2.45) is 0 Å². The maximum Gasteiger partial charge on any atom is 0.196 e. The lowest BCUT2D eigenvalue weighted by molar-refractivity contribution is 0.105. The predicted molar refractivity (Wildman–Crippen MR) is 72.6 cm³/mol. The van der Waals surface area contributed by atoms with E-state index in [2.05, 4.69) is 0 Å². The summed E-state index contributed by atoms with van der Waals surface area (Å²) in [5.41, 5.74) is 2.61. The minimum Gasteiger partial charge on any atom is -0.515 e. The van der Waals surface area contributed by atoms with Crippen LogP contribution in [0, 0.1) is 6.92 Å². The number of aliphatic hydroxyl groups is 1. The molecule has 0 spiro atoms. The molecule has 0 bridgehead atoms. The molecule has 0 aromatic heterocycles. The molecule has 2 heteroatoms. The number of hydrogen-bond donors (Lipinski definition) is 1. The predicted octanol–water partition coefficient (Wildman–Crippen LogP) is 3.78. The second-order valence-electron chi connectivity index (χ2n) is 4.05. The molecule has 2 aromatic rings. The van der Waals surface area contributed by atoms with Crippen LogP contribution in [-0.2, 0) is 0 Å². The van der Waals surface area contributed by atoms with Gasteiger partial charge in [-0.3, -0.25) is 4.79 Å². The second-order valence-corrected chi connectivity index (χ2v) is 4.05. The van der Waals surface area contributed by atoms with Gasteiger partial charge in [0.25, 0.3) is 0 Å². The molecule has 0 unspecified atom stereocenters. The number of allylic oxidation sites excluding steroid dienone is 1. The number of aryl methyl sites for hydroxylation is 1. The summed E-state index contributed by atoms with van der Waals surface area (Å²) in [6.07, 6.45) is 0.887. The summed E-state index contributed by atoms with van der Waals surface area (Å²) < 4.78 is 0. The van der Waals surface area contributed by atoms with E-state index in [1.807, 2.05) is 37.3 Å². The first-order valence-electron chi connectivity index (χ1n) is 5.74. The Hall–Kier alpha value is -2.35. The summed E-state index contributed by atoms with van der Waals surface area (Å²) >= 11 is 0. The molecule has 0 heterocycles. The molecule has 2 nitrogen and oxygen atoms in total. The standard InChI is InChI=1S/C16H14O2/c1-12-7-5-6-10-14(12)15(11-17)16(18)13-8-3-2-4-9-13/h2-11,17H,1H3/b15-11-. The van der Waals surface area contributed by atoms with E-state index < -0.39 is 0 Å². The topological polar surface area (TPSA) is 37.3 Å². The molecular weight excluding hydrogens is 224 g/mol. The Morgan fingerprint density at radius 1 is 1.00 bits per heavy atom. The van der Waals surface area contributed by atoms with Gasteiger partial charge < -0.3 is 5.11 Å². The summed E-state index contributed by atoms with van der Waals surface area (Å²) in [4.78, 5) is 12.3. The molecule has 0 saturated carbocycles. The number of aliphatic hydroxyl groups excluding tert-OH is 1. The zero-order chi connectivity index (χ0) is 13.0. The maximum atomic E-state index is 12.3. The van der Waals surface area contributed by atoms with Crippen molar-refractivity contribution in [2.45, 2.75) is 6.92 Å². The van der Waals surface area contributed by atoms with E-state index in [1.165, 1.54) is 0 Å². The van der Waals surface area contributed by atoms with Crippen LogP contribution in [0.5, 0.6) is 0 Å². The summed E-state index contributed by atoms with van der Waals surface area (Å²) in [5.74, 6) is -0.174. The number of rotatable bonds is 3. The van der Waals surface area contributed by atoms with Crippen molar-refractivity contribution in [3.8, 4) is 0 Å². The van der Waals surface area contributed by atoms with Gasteiger partial charge in [-0.15, -0.1) is 0 Å². The van der Waals surface area contributed by atoms with Gasteiger partial charge >= 0.3 is 0 Å². The Bertz CT molecular complexity index is 583. The Morgan fingerprint density at radius 2 is 1.61 bits per heavy atom. The minimum atomic E-state index is -0.174. The fraction of sp³-hybridized carbons (Fsp3) is 0.0625. The third-order valence-corrected chi connectivity index (χ3v) is 2.84. The van der Waals surface area contributed by atoms with E-state index in [0.717, 1.165) is 17.4 Å². The smallest absolute Gasteiger partial charge is 0.196 e. The number of hydrogen-bond acceptors (Lipinski definition) is 2. The van der Waals surface area contributed by atoms with Gasteiger partial charge in [0.05, 0.1) is 11.8 Å². The lowest BCUT2D eigenvalue weighted by Crippen LogP contribution is -2.04. The molecule has 0 amide bonds. The highest BCUT2D eigenvalue weighted by Crippen LogP contribution is 2.22. The minimum absolute atomic E-state index is 0.174.